The maximum atomic E-state index is 13.5. The summed E-state index contributed by atoms with van der Waals surface area (Å²) in [7, 11) is 6.99. The van der Waals surface area contributed by atoms with Crippen LogP contribution in [0.1, 0.15) is 56.8 Å². The summed E-state index contributed by atoms with van der Waals surface area (Å²) in [5.41, 5.74) is 6.46. The number of hydrogen-bond acceptors (Lipinski definition) is 9. The Hall–Kier alpha value is -6.48. The molecule has 0 unspecified atom stereocenters. The minimum atomic E-state index is -0.0981. The highest BCUT2D eigenvalue weighted by Crippen LogP contribution is 2.43. The monoisotopic (exact) mass is 810 g/mol. The summed E-state index contributed by atoms with van der Waals surface area (Å²) in [4.78, 5) is 61.2. The van der Waals surface area contributed by atoms with Crippen molar-refractivity contribution in [2.75, 3.05) is 54.4 Å². The van der Waals surface area contributed by atoms with E-state index in [1.165, 1.54) is 11.3 Å². The maximum absolute atomic E-state index is 13.5. The third-order valence-corrected chi connectivity index (χ3v) is 12.1. The number of hydrogen-bond donors (Lipinski definition) is 0. The molecule has 3 aromatic heterocycles. The minimum absolute atomic E-state index is 0.0451. The molecule has 4 amide bonds. The van der Waals surface area contributed by atoms with Crippen LogP contribution in [0.3, 0.4) is 0 Å². The minimum Gasteiger partial charge on any atom is -0.345 e. The second-order valence-corrected chi connectivity index (χ2v) is 16.5. The molecule has 0 N–H and O–H groups in total. The van der Waals surface area contributed by atoms with Gasteiger partial charge in [0.15, 0.2) is 0 Å². The van der Waals surface area contributed by atoms with Gasteiger partial charge in [0.2, 0.25) is 11.8 Å². The van der Waals surface area contributed by atoms with Crippen LogP contribution in [0.5, 0.6) is 0 Å². The van der Waals surface area contributed by atoms with E-state index in [2.05, 4.69) is 57.0 Å². The number of aryl methyl sites for hydroxylation is 2. The van der Waals surface area contributed by atoms with Crippen molar-refractivity contribution in [2.24, 2.45) is 0 Å². The summed E-state index contributed by atoms with van der Waals surface area (Å²) < 4.78 is 4.29. The Balaban J connectivity index is 1.22. The van der Waals surface area contributed by atoms with Gasteiger partial charge in [-0.15, -0.1) is 21.5 Å². The van der Waals surface area contributed by atoms with Crippen molar-refractivity contribution in [3.8, 4) is 11.1 Å². The van der Waals surface area contributed by atoms with Crippen molar-refractivity contribution in [1.82, 2.24) is 49.6 Å². The van der Waals surface area contributed by atoms with Crippen molar-refractivity contribution >= 4 is 67.0 Å². The number of nitrogens with zero attached hydrogens (tertiary/aromatic N) is 10. The number of benzene rings is 3. The van der Waals surface area contributed by atoms with Crippen LogP contribution in [0.15, 0.2) is 85.5 Å². The Bertz CT molecular complexity index is 2620. The van der Waals surface area contributed by atoms with Crippen LogP contribution in [0.2, 0.25) is 0 Å². The summed E-state index contributed by atoms with van der Waals surface area (Å²) in [5.74, 6) is -0.0795. The van der Waals surface area contributed by atoms with E-state index in [0.717, 1.165) is 60.7 Å². The van der Waals surface area contributed by atoms with Crippen LogP contribution in [0.4, 0.5) is 0 Å². The van der Waals surface area contributed by atoms with Crippen LogP contribution in [0, 0.1) is 0 Å². The molecule has 8 rings (SSSR count). The van der Waals surface area contributed by atoms with Gasteiger partial charge in [0.25, 0.3) is 11.8 Å². The van der Waals surface area contributed by atoms with E-state index >= 15 is 0 Å². The standard InChI is InChI=1S/C44H46N10O4S/c1-49(2)43(57)29-9-10-36-34(21-29)22-32(30-7-5-15-51(27-30)40(55)11-17-53-19-13-45-47-53)24-37(36)38-25-33(23-35-26-39(59-42(35)38)44(58)50(3)4)31-8-6-16-52(28-31)41(56)12-18-54-20-14-46-48-54/h7-10,13-14,19-26H,5-6,11-12,15-18,27-28H2,1-4H3. The van der Waals surface area contributed by atoms with Crippen LogP contribution >= 0.6 is 11.3 Å². The topological polar surface area (TPSA) is 143 Å². The molecular weight excluding hydrogens is 765 g/mol. The van der Waals surface area contributed by atoms with E-state index in [4.69, 9.17) is 0 Å². The highest BCUT2D eigenvalue weighted by atomic mass is 32.1. The van der Waals surface area contributed by atoms with Crippen molar-refractivity contribution in [2.45, 2.75) is 38.8 Å². The Morgan fingerprint density at radius 2 is 1.22 bits per heavy atom. The molecule has 0 aliphatic carbocycles. The zero-order chi connectivity index (χ0) is 41.2. The van der Waals surface area contributed by atoms with Crippen molar-refractivity contribution in [3.05, 3.63) is 107 Å². The predicted octanol–water partition coefficient (Wildman–Crippen LogP) is 5.72. The molecule has 2 aliphatic rings. The van der Waals surface area contributed by atoms with Gasteiger partial charge in [-0.3, -0.25) is 28.5 Å². The molecule has 5 heterocycles. The zero-order valence-electron chi connectivity index (χ0n) is 33.7. The van der Waals surface area contributed by atoms with Crippen molar-refractivity contribution in [1.29, 1.82) is 0 Å². The number of fused-ring (bicyclic) bond motifs is 2. The average molecular weight is 811 g/mol. The smallest absolute Gasteiger partial charge is 0.263 e. The Labute approximate surface area is 346 Å². The van der Waals surface area contributed by atoms with Gasteiger partial charge in [-0.1, -0.05) is 28.6 Å². The maximum Gasteiger partial charge on any atom is 0.263 e. The highest BCUT2D eigenvalue weighted by Gasteiger charge is 2.25. The molecule has 15 heteroatoms. The van der Waals surface area contributed by atoms with E-state index in [1.54, 1.807) is 72.1 Å². The summed E-state index contributed by atoms with van der Waals surface area (Å²) in [6.45, 7) is 3.06. The average Bonchev–Trinajstić information content (AvgIpc) is 4.07. The molecule has 0 fully saturated rings. The number of amides is 4. The number of carbonyl (C=O) groups is 4. The second kappa shape index (κ2) is 16.8. The summed E-state index contributed by atoms with van der Waals surface area (Å²) in [6.07, 6.45) is 13.2. The van der Waals surface area contributed by atoms with E-state index in [-0.39, 0.29) is 23.6 Å². The van der Waals surface area contributed by atoms with Gasteiger partial charge in [0.05, 0.1) is 30.4 Å². The zero-order valence-corrected chi connectivity index (χ0v) is 34.5. The van der Waals surface area contributed by atoms with Gasteiger partial charge in [-0.05, 0) is 99.3 Å². The normalized spacial score (nSPS) is 14.4. The van der Waals surface area contributed by atoms with Gasteiger partial charge in [0, 0.05) is 95.4 Å². The lowest BCUT2D eigenvalue weighted by Crippen LogP contribution is -2.36. The van der Waals surface area contributed by atoms with Crippen LogP contribution < -0.4 is 0 Å². The summed E-state index contributed by atoms with van der Waals surface area (Å²) in [6, 6.07) is 16.4. The quantitative estimate of drug-likeness (QED) is 0.162. The van der Waals surface area contributed by atoms with E-state index in [0.29, 0.717) is 69.0 Å². The molecule has 0 bridgehead atoms. The fourth-order valence-corrected chi connectivity index (χ4v) is 9.00. The molecule has 0 radical (unpaired) electrons. The SMILES string of the molecule is CN(C)C(=O)c1ccc2c(-c3cc(C4=CCCN(C(=O)CCn5ccnn5)C4)cc4cc(C(=O)N(C)C)sc34)cc(C3=CCCN(C(=O)CCn4ccnn4)C3)cc2c1. The number of aromatic nitrogens is 6. The second-order valence-electron chi connectivity index (χ2n) is 15.4. The van der Waals surface area contributed by atoms with Crippen molar-refractivity contribution in [3.63, 3.8) is 0 Å². The molecule has 0 atom stereocenters. The highest BCUT2D eigenvalue weighted by molar-refractivity contribution is 7.21. The fraction of sp³-hybridized carbons (Fsp3) is 0.318. The molecule has 14 nitrogen and oxygen atoms in total. The van der Waals surface area contributed by atoms with E-state index in [1.807, 2.05) is 34.1 Å². The van der Waals surface area contributed by atoms with E-state index in [9.17, 15) is 19.2 Å². The van der Waals surface area contributed by atoms with Gasteiger partial charge in [-0.25, -0.2) is 0 Å². The first-order valence-electron chi connectivity index (χ1n) is 19.7. The largest absolute Gasteiger partial charge is 0.345 e. The third kappa shape index (κ3) is 8.42. The number of carbonyl (C=O) groups excluding carboxylic acids is 4. The number of rotatable bonds is 11. The first-order chi connectivity index (χ1) is 28.5. The van der Waals surface area contributed by atoms with Gasteiger partial charge < -0.3 is 19.6 Å². The van der Waals surface area contributed by atoms with Gasteiger partial charge in [-0.2, -0.15) is 0 Å². The molecular formula is C44H46N10O4S. The lowest BCUT2D eigenvalue weighted by molar-refractivity contribution is -0.131. The predicted molar refractivity (Wildman–Crippen MR) is 228 cm³/mol. The van der Waals surface area contributed by atoms with Gasteiger partial charge >= 0.3 is 0 Å². The Morgan fingerprint density at radius 1 is 0.661 bits per heavy atom. The van der Waals surface area contributed by atoms with Crippen LogP contribution in [-0.4, -0.2) is 128 Å². The van der Waals surface area contributed by atoms with Crippen LogP contribution in [-0.2, 0) is 22.7 Å². The van der Waals surface area contributed by atoms with Gasteiger partial charge in [0.1, 0.15) is 0 Å². The van der Waals surface area contributed by atoms with Crippen molar-refractivity contribution < 1.29 is 19.2 Å². The first-order valence-corrected chi connectivity index (χ1v) is 20.6. The molecule has 2 aliphatic heterocycles. The molecule has 6 aromatic rings. The molecule has 302 valence electrons. The number of thiophene rings is 1. The molecule has 0 saturated carbocycles. The summed E-state index contributed by atoms with van der Waals surface area (Å²) >= 11 is 1.46. The lowest BCUT2D eigenvalue weighted by atomic mass is 9.88. The molecule has 0 spiro atoms. The first kappa shape index (κ1) is 39.4. The Kier molecular flexibility index (Phi) is 11.2. The van der Waals surface area contributed by atoms with Crippen LogP contribution in [0.25, 0.3) is 43.1 Å². The lowest BCUT2D eigenvalue weighted by Gasteiger charge is -2.29. The third-order valence-electron chi connectivity index (χ3n) is 10.9. The van der Waals surface area contributed by atoms with E-state index < -0.39 is 0 Å². The molecule has 0 saturated heterocycles. The molecule has 3 aromatic carbocycles. The Morgan fingerprint density at radius 3 is 1.76 bits per heavy atom. The summed E-state index contributed by atoms with van der Waals surface area (Å²) in [5, 5.41) is 18.5. The fourth-order valence-electron chi connectivity index (χ4n) is 7.81. The molecule has 59 heavy (non-hydrogen) atoms.